The molecule has 0 saturated carbocycles. The number of phenolic OH excluding ortho intramolecular Hbond substituents is 1. The van der Waals surface area contributed by atoms with E-state index < -0.39 is 71.2 Å². The summed E-state index contributed by atoms with van der Waals surface area (Å²) in [4.78, 5) is 25.0. The number of aliphatic hydroxyl groups excluding tert-OH is 4. The Labute approximate surface area is 190 Å². The average molecular weight is 476 g/mol. The molecule has 7 N–H and O–H groups in total. The molecule has 4 rings (SSSR count). The molecule has 12 heteroatoms. The lowest BCUT2D eigenvalue weighted by Gasteiger charge is -2.39. The van der Waals surface area contributed by atoms with Crippen LogP contribution in [0.25, 0.3) is 22.1 Å². The van der Waals surface area contributed by atoms with Crippen molar-refractivity contribution in [2.45, 2.75) is 30.7 Å². The first kappa shape index (κ1) is 23.5. The van der Waals surface area contributed by atoms with Gasteiger partial charge in [0.15, 0.2) is 0 Å². The molecule has 3 aromatic rings. The summed E-state index contributed by atoms with van der Waals surface area (Å²) in [6, 6.07) is 6.51. The van der Waals surface area contributed by atoms with Crippen molar-refractivity contribution in [3.05, 3.63) is 52.4 Å². The van der Waals surface area contributed by atoms with Gasteiger partial charge in [0.05, 0.1) is 12.2 Å². The van der Waals surface area contributed by atoms with Crippen molar-refractivity contribution in [1.29, 1.82) is 0 Å². The summed E-state index contributed by atoms with van der Waals surface area (Å²) >= 11 is 0. The first-order valence-electron chi connectivity index (χ1n) is 9.95. The maximum absolute atomic E-state index is 13.1. The Morgan fingerprint density at radius 1 is 1.03 bits per heavy atom. The predicted molar refractivity (Wildman–Crippen MR) is 113 cm³/mol. The number of benzene rings is 2. The lowest BCUT2D eigenvalue weighted by molar-refractivity contribution is -0.277. The van der Waals surface area contributed by atoms with Gasteiger partial charge in [0.1, 0.15) is 64.5 Å². The van der Waals surface area contributed by atoms with Crippen molar-refractivity contribution in [3.63, 3.8) is 0 Å². The summed E-state index contributed by atoms with van der Waals surface area (Å²) < 4.78 is 16.0. The molecule has 34 heavy (non-hydrogen) atoms. The molecule has 1 aliphatic heterocycles. The molecule has 2 heterocycles. The fourth-order valence-electron chi connectivity index (χ4n) is 3.67. The van der Waals surface area contributed by atoms with Gasteiger partial charge < -0.3 is 49.6 Å². The molecule has 12 nitrogen and oxygen atoms in total. The van der Waals surface area contributed by atoms with E-state index in [2.05, 4.69) is 0 Å². The molecule has 0 bridgehead atoms. The van der Waals surface area contributed by atoms with E-state index in [9.17, 15) is 45.3 Å². The van der Waals surface area contributed by atoms with Gasteiger partial charge in [-0.2, -0.15) is 0 Å². The summed E-state index contributed by atoms with van der Waals surface area (Å²) in [7, 11) is 0. The molecule has 1 fully saturated rings. The Morgan fingerprint density at radius 2 is 1.71 bits per heavy atom. The summed E-state index contributed by atoms with van der Waals surface area (Å²) in [5.41, 5.74) is -1.53. The molecule has 3 unspecified atom stereocenters. The van der Waals surface area contributed by atoms with E-state index in [4.69, 9.17) is 13.9 Å². The second kappa shape index (κ2) is 8.93. The molecule has 0 radical (unpaired) electrons. The average Bonchev–Trinajstić information content (AvgIpc) is 2.80. The van der Waals surface area contributed by atoms with E-state index in [1.807, 2.05) is 0 Å². The van der Waals surface area contributed by atoms with Gasteiger partial charge in [-0.3, -0.25) is 4.79 Å². The molecule has 0 aliphatic carbocycles. The van der Waals surface area contributed by atoms with Gasteiger partial charge in [0.2, 0.25) is 11.7 Å². The largest absolute Gasteiger partial charge is 0.508 e. The van der Waals surface area contributed by atoms with Crippen molar-refractivity contribution < 1.29 is 54.4 Å². The number of carbonyl (C=O) groups is 1. The van der Waals surface area contributed by atoms with E-state index in [-0.39, 0.29) is 16.9 Å². The predicted octanol–water partition coefficient (Wildman–Crippen LogP) is -0.252. The Hall–Kier alpha value is -3.68. The highest BCUT2D eigenvalue weighted by molar-refractivity contribution is 6.02. The minimum Gasteiger partial charge on any atom is -0.508 e. The molecule has 180 valence electrons. The van der Waals surface area contributed by atoms with Crippen LogP contribution >= 0.6 is 0 Å². The van der Waals surface area contributed by atoms with Gasteiger partial charge in [-0.15, -0.1) is 0 Å². The number of rotatable bonds is 5. The van der Waals surface area contributed by atoms with Crippen LogP contribution in [-0.2, 0) is 4.74 Å². The lowest BCUT2D eigenvalue weighted by Crippen LogP contribution is -2.60. The van der Waals surface area contributed by atoms with Crippen LogP contribution < -0.4 is 10.2 Å². The molecule has 0 spiro atoms. The minimum absolute atomic E-state index is 0.0123. The van der Waals surface area contributed by atoms with Crippen molar-refractivity contribution in [1.82, 2.24) is 0 Å². The smallest absolute Gasteiger partial charge is 0.343 e. The monoisotopic (exact) mass is 476 g/mol. The fraction of sp³-hybridized carbons (Fsp3) is 0.273. The van der Waals surface area contributed by atoms with Crippen LogP contribution in [0.3, 0.4) is 0 Å². The highest BCUT2D eigenvalue weighted by atomic mass is 16.7. The van der Waals surface area contributed by atoms with Crippen LogP contribution in [0.1, 0.15) is 10.4 Å². The van der Waals surface area contributed by atoms with Gasteiger partial charge in [-0.25, -0.2) is 4.79 Å². The second-order valence-electron chi connectivity index (χ2n) is 7.62. The van der Waals surface area contributed by atoms with E-state index >= 15 is 0 Å². The van der Waals surface area contributed by atoms with Crippen LogP contribution in [0.5, 0.6) is 17.2 Å². The van der Waals surface area contributed by atoms with Crippen LogP contribution in [-0.4, -0.2) is 79.0 Å². The number of ether oxygens (including phenoxy) is 2. The minimum atomic E-state index is -1.85. The quantitative estimate of drug-likeness (QED) is 0.254. The number of aliphatic hydroxyl groups is 4. The Morgan fingerprint density at radius 3 is 2.32 bits per heavy atom. The van der Waals surface area contributed by atoms with Gasteiger partial charge in [0.25, 0.3) is 0 Å². The summed E-state index contributed by atoms with van der Waals surface area (Å²) in [6.45, 7) is -0.742. The molecule has 5 atom stereocenters. The lowest BCUT2D eigenvalue weighted by atomic mass is 9.99. The third kappa shape index (κ3) is 3.93. The third-order valence-electron chi connectivity index (χ3n) is 5.49. The fourth-order valence-corrected chi connectivity index (χ4v) is 3.67. The number of aromatic hydroxyl groups is 2. The van der Waals surface area contributed by atoms with Crippen LogP contribution in [0.4, 0.5) is 0 Å². The van der Waals surface area contributed by atoms with Crippen molar-refractivity contribution in [2.75, 3.05) is 6.61 Å². The number of hydrogen-bond acceptors (Lipinski definition) is 11. The van der Waals surface area contributed by atoms with Gasteiger partial charge >= 0.3 is 5.97 Å². The van der Waals surface area contributed by atoms with Gasteiger partial charge in [0, 0.05) is 6.07 Å². The van der Waals surface area contributed by atoms with E-state index in [1.54, 1.807) is 0 Å². The van der Waals surface area contributed by atoms with Crippen LogP contribution in [0.15, 0.2) is 45.8 Å². The number of carboxylic acids is 1. The highest BCUT2D eigenvalue weighted by Crippen LogP contribution is 2.37. The number of carboxylic acid groups (broad SMARTS) is 1. The Balaban J connectivity index is 1.82. The number of phenols is 2. The standard InChI is InChI=1S/C22H20O12/c23-6-13-17(26)19(28)20(29)22(34-13)33-12-5-11-14(18(27)15(12)21(30)31)16(25)10(7-32-11)8-1-3-9(24)4-2-8/h1-5,7,13,17,19-20,22-24,26-29H,6H2,(H,30,31)/t13?,17-,19?,20?,22-/m1/s1. The molecule has 2 aromatic carbocycles. The van der Waals surface area contributed by atoms with Crippen molar-refractivity contribution in [2.24, 2.45) is 0 Å². The molecule has 1 saturated heterocycles. The normalized spacial score (nSPS) is 24.8. The van der Waals surface area contributed by atoms with Crippen LogP contribution in [0.2, 0.25) is 0 Å². The summed E-state index contributed by atoms with van der Waals surface area (Å²) in [5, 5.41) is 68.7. The highest BCUT2D eigenvalue weighted by Gasteiger charge is 2.45. The molecular formula is C22H20O12. The van der Waals surface area contributed by atoms with E-state index in [0.29, 0.717) is 5.56 Å². The summed E-state index contributed by atoms with van der Waals surface area (Å²) in [5.74, 6) is -3.27. The molecular weight excluding hydrogens is 456 g/mol. The molecule has 1 aliphatic rings. The zero-order valence-electron chi connectivity index (χ0n) is 17.2. The Bertz CT molecular complexity index is 1280. The Kier molecular flexibility index (Phi) is 6.17. The number of aromatic carboxylic acids is 1. The van der Waals surface area contributed by atoms with Crippen molar-refractivity contribution in [3.8, 4) is 28.4 Å². The van der Waals surface area contributed by atoms with E-state index in [0.717, 1.165) is 12.3 Å². The first-order valence-corrected chi connectivity index (χ1v) is 9.95. The first-order chi connectivity index (χ1) is 16.1. The maximum atomic E-state index is 13.1. The van der Waals surface area contributed by atoms with Gasteiger partial charge in [-0.05, 0) is 17.7 Å². The molecule has 0 amide bonds. The third-order valence-corrected chi connectivity index (χ3v) is 5.49. The number of fused-ring (bicyclic) bond motifs is 1. The second-order valence-corrected chi connectivity index (χ2v) is 7.62. The number of hydrogen-bond donors (Lipinski definition) is 7. The SMILES string of the molecule is O=C(O)c1c(O[C@@H]2OC(CO)[C@@H](O)C(O)C2O)cc2occ(-c3ccc(O)cc3)c(=O)c2c1O. The zero-order chi connectivity index (χ0) is 24.7. The topological polar surface area (TPSA) is 207 Å². The van der Waals surface area contributed by atoms with Crippen LogP contribution in [0, 0.1) is 0 Å². The van der Waals surface area contributed by atoms with Crippen molar-refractivity contribution >= 4 is 16.9 Å². The molecule has 1 aromatic heterocycles. The van der Waals surface area contributed by atoms with Gasteiger partial charge in [-0.1, -0.05) is 12.1 Å². The van der Waals surface area contributed by atoms with E-state index in [1.165, 1.54) is 24.3 Å². The summed E-state index contributed by atoms with van der Waals surface area (Å²) in [6.07, 6.45) is -7.29. The maximum Gasteiger partial charge on any atom is 0.343 e. The zero-order valence-corrected chi connectivity index (χ0v) is 17.2.